The van der Waals surface area contributed by atoms with Gasteiger partial charge in [-0.15, -0.1) is 0 Å². The molecular weight excluding hydrogens is 348 g/mol. The Morgan fingerprint density at radius 1 is 0.857 bits per heavy atom. The smallest absolute Gasteiger partial charge is 0.119 e. The number of benzene rings is 2. The fraction of sp³-hybridized carbons (Fsp3) is 0.333. The van der Waals surface area contributed by atoms with Crippen LogP contribution in [0.1, 0.15) is 29.3 Å². The van der Waals surface area contributed by atoms with Crippen LogP contribution in [0.2, 0.25) is 0 Å². The summed E-state index contributed by atoms with van der Waals surface area (Å²) in [6.45, 7) is 0. The maximum Gasteiger partial charge on any atom is 0.119 e. The van der Waals surface area contributed by atoms with E-state index in [-0.39, 0.29) is 0 Å². The molecule has 5 rings (SSSR count). The lowest BCUT2D eigenvalue weighted by Crippen LogP contribution is -2.16. The fourth-order valence-electron chi connectivity index (χ4n) is 5.01. The van der Waals surface area contributed by atoms with Crippen LogP contribution >= 0.6 is 0 Å². The first kappa shape index (κ1) is 17.2. The summed E-state index contributed by atoms with van der Waals surface area (Å²) in [5.41, 5.74) is 6.93. The van der Waals surface area contributed by atoms with E-state index >= 15 is 0 Å². The molecule has 144 valence electrons. The van der Waals surface area contributed by atoms with Crippen molar-refractivity contribution in [3.63, 3.8) is 0 Å². The first-order valence-electron chi connectivity index (χ1n) is 9.88. The van der Waals surface area contributed by atoms with Crippen molar-refractivity contribution in [1.82, 2.24) is 9.13 Å². The highest BCUT2D eigenvalue weighted by Crippen LogP contribution is 2.40. The van der Waals surface area contributed by atoms with Crippen LogP contribution in [-0.4, -0.2) is 23.4 Å². The summed E-state index contributed by atoms with van der Waals surface area (Å²) in [7, 11) is 7.84. The van der Waals surface area contributed by atoms with Crippen molar-refractivity contribution in [3.8, 4) is 11.5 Å². The largest absolute Gasteiger partial charge is 0.497 e. The number of fused-ring (bicyclic) bond motifs is 4. The maximum absolute atomic E-state index is 5.49. The molecule has 1 aliphatic carbocycles. The average Bonchev–Trinajstić information content (AvgIpc) is 3.21. The van der Waals surface area contributed by atoms with E-state index in [1.165, 1.54) is 45.2 Å². The Morgan fingerprint density at radius 2 is 1.57 bits per heavy atom. The number of nitrogens with zero attached hydrogens (tertiary/aromatic N) is 2. The zero-order valence-electron chi connectivity index (χ0n) is 17.0. The lowest BCUT2D eigenvalue weighted by atomic mass is 9.84. The molecule has 0 bridgehead atoms. The van der Waals surface area contributed by atoms with Gasteiger partial charge in [-0.2, -0.15) is 0 Å². The van der Waals surface area contributed by atoms with Crippen molar-refractivity contribution < 1.29 is 9.47 Å². The highest BCUT2D eigenvalue weighted by atomic mass is 16.5. The first-order valence-corrected chi connectivity index (χ1v) is 9.88. The second-order valence-corrected chi connectivity index (χ2v) is 7.86. The van der Waals surface area contributed by atoms with Gasteiger partial charge in [-0.1, -0.05) is 0 Å². The number of hydrogen-bond donors (Lipinski definition) is 0. The summed E-state index contributed by atoms with van der Waals surface area (Å²) in [5, 5.41) is 2.59. The van der Waals surface area contributed by atoms with E-state index < -0.39 is 0 Å². The average molecular weight is 374 g/mol. The zero-order valence-corrected chi connectivity index (χ0v) is 17.0. The molecule has 4 nitrogen and oxygen atoms in total. The Bertz CT molecular complexity index is 1200. The summed E-state index contributed by atoms with van der Waals surface area (Å²) in [5.74, 6) is 2.36. The van der Waals surface area contributed by atoms with Gasteiger partial charge >= 0.3 is 0 Å². The number of methoxy groups -OCH3 is 2. The highest BCUT2D eigenvalue weighted by molar-refractivity contribution is 5.87. The van der Waals surface area contributed by atoms with Gasteiger partial charge in [-0.3, -0.25) is 0 Å². The molecular formula is C24H26N2O2. The van der Waals surface area contributed by atoms with Gasteiger partial charge in [0, 0.05) is 53.2 Å². The quantitative estimate of drug-likeness (QED) is 0.507. The molecule has 0 saturated heterocycles. The molecule has 0 spiro atoms. The molecule has 1 atom stereocenters. The predicted octanol–water partition coefficient (Wildman–Crippen LogP) is 4.96. The van der Waals surface area contributed by atoms with Crippen molar-refractivity contribution in [3.05, 3.63) is 59.4 Å². The van der Waals surface area contributed by atoms with Gasteiger partial charge in [-0.25, -0.2) is 0 Å². The molecule has 1 aliphatic rings. The SMILES string of the molecule is COc1ccc2c(c1)cc(C1CCc3c(c4cc(OC)ccc4n3C)C1)n2C. The van der Waals surface area contributed by atoms with Crippen LogP contribution in [0, 0.1) is 0 Å². The van der Waals surface area contributed by atoms with Gasteiger partial charge in [0.15, 0.2) is 0 Å². The van der Waals surface area contributed by atoms with Crippen molar-refractivity contribution in [2.75, 3.05) is 14.2 Å². The van der Waals surface area contributed by atoms with Gasteiger partial charge < -0.3 is 18.6 Å². The summed E-state index contributed by atoms with van der Waals surface area (Å²) in [6, 6.07) is 15.1. The Kier molecular flexibility index (Phi) is 3.90. The van der Waals surface area contributed by atoms with Crippen LogP contribution in [0.3, 0.4) is 0 Å². The molecule has 0 radical (unpaired) electrons. The fourth-order valence-corrected chi connectivity index (χ4v) is 5.01. The Morgan fingerprint density at radius 3 is 2.32 bits per heavy atom. The minimum absolute atomic E-state index is 0.521. The van der Waals surface area contributed by atoms with Gasteiger partial charge in [0.25, 0.3) is 0 Å². The second-order valence-electron chi connectivity index (χ2n) is 7.86. The number of aryl methyl sites for hydroxylation is 2. The summed E-state index contributed by atoms with van der Waals surface area (Å²) >= 11 is 0. The molecule has 2 aromatic carbocycles. The molecule has 0 aliphatic heterocycles. The third-order valence-corrected chi connectivity index (χ3v) is 6.53. The van der Waals surface area contributed by atoms with E-state index in [1.54, 1.807) is 14.2 Å². The Labute approximate surface area is 165 Å². The Balaban J connectivity index is 1.60. The first-order chi connectivity index (χ1) is 13.6. The van der Waals surface area contributed by atoms with Crippen LogP contribution in [0.15, 0.2) is 42.5 Å². The molecule has 1 unspecified atom stereocenters. The summed E-state index contributed by atoms with van der Waals surface area (Å²) in [4.78, 5) is 0. The van der Waals surface area contributed by atoms with Crippen LogP contribution in [0.25, 0.3) is 21.8 Å². The van der Waals surface area contributed by atoms with Gasteiger partial charge in [-0.05, 0) is 67.3 Å². The summed E-state index contributed by atoms with van der Waals surface area (Å²) in [6.07, 6.45) is 3.36. The lowest BCUT2D eigenvalue weighted by molar-refractivity contribution is 0.415. The van der Waals surface area contributed by atoms with Crippen molar-refractivity contribution >= 4 is 21.8 Å². The Hall–Kier alpha value is -2.88. The van der Waals surface area contributed by atoms with Crippen LogP contribution < -0.4 is 9.47 Å². The van der Waals surface area contributed by atoms with Gasteiger partial charge in [0.1, 0.15) is 11.5 Å². The van der Waals surface area contributed by atoms with Crippen LogP contribution in [0.5, 0.6) is 11.5 Å². The summed E-state index contributed by atoms with van der Waals surface area (Å²) < 4.78 is 15.6. The molecule has 2 heterocycles. The standard InChI is InChI=1S/C24H26N2O2/c1-25-21-9-6-17(27-3)11-16(21)13-24(25)15-5-8-22-19(12-15)20-14-18(28-4)7-10-23(20)26(22)2/h6-7,9-11,13-15H,5,8,12H2,1-4H3. The predicted molar refractivity (Wildman–Crippen MR) is 114 cm³/mol. The molecule has 2 aromatic heterocycles. The normalized spacial score (nSPS) is 16.5. The second kappa shape index (κ2) is 6.33. The van der Waals surface area contributed by atoms with E-state index in [0.29, 0.717) is 5.92 Å². The van der Waals surface area contributed by atoms with Crippen molar-refractivity contribution in [2.24, 2.45) is 14.1 Å². The van der Waals surface area contributed by atoms with Crippen molar-refractivity contribution in [2.45, 2.75) is 25.2 Å². The molecule has 0 saturated carbocycles. The molecule has 0 amide bonds. The molecule has 0 N–H and O–H groups in total. The molecule has 0 fully saturated rings. The van der Waals surface area contributed by atoms with E-state index in [2.05, 4.69) is 59.6 Å². The third-order valence-electron chi connectivity index (χ3n) is 6.53. The van der Waals surface area contributed by atoms with Gasteiger partial charge in [0.05, 0.1) is 14.2 Å². The van der Waals surface area contributed by atoms with Crippen molar-refractivity contribution in [1.29, 1.82) is 0 Å². The van der Waals surface area contributed by atoms with E-state index in [1.807, 2.05) is 6.07 Å². The maximum atomic E-state index is 5.49. The molecule has 4 aromatic rings. The molecule has 4 heteroatoms. The van der Waals surface area contributed by atoms with Crippen LogP contribution in [0.4, 0.5) is 0 Å². The number of hydrogen-bond acceptors (Lipinski definition) is 2. The number of rotatable bonds is 3. The minimum atomic E-state index is 0.521. The molecule has 28 heavy (non-hydrogen) atoms. The monoisotopic (exact) mass is 374 g/mol. The zero-order chi connectivity index (χ0) is 19.4. The minimum Gasteiger partial charge on any atom is -0.497 e. The van der Waals surface area contributed by atoms with E-state index in [9.17, 15) is 0 Å². The van der Waals surface area contributed by atoms with E-state index in [0.717, 1.165) is 24.3 Å². The lowest BCUT2D eigenvalue weighted by Gasteiger charge is -2.24. The van der Waals surface area contributed by atoms with Crippen LogP contribution in [-0.2, 0) is 26.9 Å². The topological polar surface area (TPSA) is 28.3 Å². The number of aromatic nitrogens is 2. The van der Waals surface area contributed by atoms with Gasteiger partial charge in [0.2, 0.25) is 0 Å². The van der Waals surface area contributed by atoms with E-state index in [4.69, 9.17) is 9.47 Å². The highest BCUT2D eigenvalue weighted by Gasteiger charge is 2.27. The third kappa shape index (κ3) is 2.44. The number of ether oxygens (including phenoxy) is 2.